The molecule has 0 amide bonds. The quantitative estimate of drug-likeness (QED) is 0.769. The van der Waals surface area contributed by atoms with E-state index in [0.717, 1.165) is 0 Å². The Morgan fingerprint density at radius 3 is 2.36 bits per heavy atom. The number of rotatable bonds is 4. The van der Waals surface area contributed by atoms with E-state index >= 15 is 0 Å². The van der Waals surface area contributed by atoms with Crippen LogP contribution >= 0.6 is 0 Å². The van der Waals surface area contributed by atoms with E-state index in [1.165, 1.54) is 10.2 Å². The Morgan fingerprint density at radius 2 is 1.68 bits per heavy atom. The van der Waals surface area contributed by atoms with Gasteiger partial charge in [-0.05, 0) is 18.2 Å². The highest BCUT2D eigenvalue weighted by Crippen LogP contribution is 2.29. The smallest absolute Gasteiger partial charge is 0.268 e. The molecule has 0 saturated heterocycles. The lowest BCUT2D eigenvalue weighted by Gasteiger charge is -2.07. The third kappa shape index (κ3) is 2.31. The highest BCUT2D eigenvalue weighted by atomic mass is 32.2. The Kier molecular flexibility index (Phi) is 3.74. The van der Waals surface area contributed by atoms with Crippen molar-refractivity contribution < 1.29 is 13.5 Å². The third-order valence-corrected chi connectivity index (χ3v) is 5.28. The molecule has 0 aliphatic heterocycles. The number of hydrogen-bond acceptors (Lipinski definition) is 4. The Balaban J connectivity index is 2.28. The van der Waals surface area contributed by atoms with Gasteiger partial charge < -0.3 is 10.8 Å². The molecule has 1 unspecified atom stereocenters. The summed E-state index contributed by atoms with van der Waals surface area (Å²) in [5, 5.41) is 10.7. The highest BCUT2D eigenvalue weighted by molar-refractivity contribution is 7.90. The molecule has 0 fully saturated rings. The molecule has 22 heavy (non-hydrogen) atoms. The average Bonchev–Trinajstić information content (AvgIpc) is 2.95. The van der Waals surface area contributed by atoms with Gasteiger partial charge in [0.25, 0.3) is 10.0 Å². The van der Waals surface area contributed by atoms with E-state index in [0.29, 0.717) is 16.5 Å². The Hall–Kier alpha value is -2.15. The van der Waals surface area contributed by atoms with Gasteiger partial charge in [0.1, 0.15) is 0 Å². The van der Waals surface area contributed by atoms with Crippen LogP contribution in [0.3, 0.4) is 0 Å². The Bertz CT molecular complexity index is 902. The molecule has 3 N–H and O–H groups in total. The number of hydrogen-bond donors (Lipinski definition) is 2. The van der Waals surface area contributed by atoms with E-state index in [1.54, 1.807) is 54.6 Å². The van der Waals surface area contributed by atoms with Gasteiger partial charge in [-0.2, -0.15) is 0 Å². The first-order chi connectivity index (χ1) is 10.6. The number of aliphatic hydroxyl groups is 1. The zero-order valence-electron chi connectivity index (χ0n) is 11.8. The van der Waals surface area contributed by atoms with Gasteiger partial charge in [-0.25, -0.2) is 12.4 Å². The zero-order valence-corrected chi connectivity index (χ0v) is 12.6. The summed E-state index contributed by atoms with van der Waals surface area (Å²) in [6.45, 7) is 0.0272. The second-order valence-corrected chi connectivity index (χ2v) is 6.78. The predicted octanol–water partition coefficient (Wildman–Crippen LogP) is 1.87. The minimum atomic E-state index is -3.72. The van der Waals surface area contributed by atoms with Crippen LogP contribution in [0.15, 0.2) is 65.7 Å². The van der Waals surface area contributed by atoms with Crippen molar-refractivity contribution in [3.8, 4) is 0 Å². The molecular formula is C16H16N2O3S. The van der Waals surface area contributed by atoms with Gasteiger partial charge in [-0.15, -0.1) is 0 Å². The van der Waals surface area contributed by atoms with Crippen LogP contribution in [0.5, 0.6) is 0 Å². The Morgan fingerprint density at radius 1 is 1.05 bits per heavy atom. The van der Waals surface area contributed by atoms with Crippen molar-refractivity contribution in [2.24, 2.45) is 5.73 Å². The molecular weight excluding hydrogens is 300 g/mol. The zero-order chi connectivity index (χ0) is 15.7. The number of aromatic nitrogens is 1. The van der Waals surface area contributed by atoms with Gasteiger partial charge >= 0.3 is 0 Å². The summed E-state index contributed by atoms with van der Waals surface area (Å²) in [5.41, 5.74) is 6.55. The van der Waals surface area contributed by atoms with Gasteiger partial charge in [-0.1, -0.05) is 36.4 Å². The van der Waals surface area contributed by atoms with E-state index < -0.39 is 16.1 Å². The maximum atomic E-state index is 12.8. The summed E-state index contributed by atoms with van der Waals surface area (Å²) in [4.78, 5) is 0.199. The normalized spacial score (nSPS) is 13.4. The second kappa shape index (κ2) is 5.57. The van der Waals surface area contributed by atoms with Crippen molar-refractivity contribution in [3.63, 3.8) is 0 Å². The number of nitrogens with zero attached hydrogens (tertiary/aromatic N) is 1. The standard InChI is InChI=1S/C16H16N2O3S/c17-10-16(19)14-11-18(15-9-5-4-8-13(14)15)22(20,21)12-6-2-1-3-7-12/h1-9,11,16,19H,10,17H2. The van der Waals surface area contributed by atoms with Crippen LogP contribution < -0.4 is 5.73 Å². The second-order valence-electron chi connectivity index (χ2n) is 4.97. The SMILES string of the molecule is NCC(O)c1cn(S(=O)(=O)c2ccccc2)c2ccccc12. The molecule has 0 aliphatic carbocycles. The highest BCUT2D eigenvalue weighted by Gasteiger charge is 2.22. The van der Waals surface area contributed by atoms with Crippen molar-refractivity contribution in [2.75, 3.05) is 6.54 Å². The maximum Gasteiger partial charge on any atom is 0.268 e. The monoisotopic (exact) mass is 316 g/mol. The molecule has 3 rings (SSSR count). The van der Waals surface area contributed by atoms with Gasteiger partial charge in [0, 0.05) is 23.7 Å². The number of para-hydroxylation sites is 1. The molecule has 0 saturated carbocycles. The lowest BCUT2D eigenvalue weighted by atomic mass is 10.1. The fraction of sp³-hybridized carbons (Fsp3) is 0.125. The molecule has 3 aromatic rings. The Labute approximate surface area is 128 Å². The van der Waals surface area contributed by atoms with Crippen LogP contribution in [0.1, 0.15) is 11.7 Å². The first kappa shape index (κ1) is 14.8. The van der Waals surface area contributed by atoms with Crippen molar-refractivity contribution in [2.45, 2.75) is 11.0 Å². The molecule has 1 heterocycles. The molecule has 6 heteroatoms. The number of aliphatic hydroxyl groups excluding tert-OH is 1. The number of nitrogens with two attached hydrogens (primary N) is 1. The lowest BCUT2D eigenvalue weighted by molar-refractivity contribution is 0.188. The number of fused-ring (bicyclic) bond motifs is 1. The molecule has 114 valence electrons. The third-order valence-electron chi connectivity index (χ3n) is 3.59. The molecule has 0 spiro atoms. The molecule has 1 aromatic heterocycles. The van der Waals surface area contributed by atoms with E-state index in [4.69, 9.17) is 5.73 Å². The fourth-order valence-corrected chi connectivity index (χ4v) is 3.87. The van der Waals surface area contributed by atoms with Gasteiger partial charge in [0.2, 0.25) is 0 Å². The largest absolute Gasteiger partial charge is 0.387 e. The number of benzene rings is 2. The molecule has 0 radical (unpaired) electrons. The van der Waals surface area contributed by atoms with Crippen molar-refractivity contribution in [1.29, 1.82) is 0 Å². The van der Waals surface area contributed by atoms with Crippen LogP contribution in [0, 0.1) is 0 Å². The van der Waals surface area contributed by atoms with Crippen LogP contribution in [0.4, 0.5) is 0 Å². The summed E-state index contributed by atoms with van der Waals surface area (Å²) in [6.07, 6.45) is 0.543. The van der Waals surface area contributed by atoms with Crippen LogP contribution in [-0.2, 0) is 10.0 Å². The summed E-state index contributed by atoms with van der Waals surface area (Å²) in [5.74, 6) is 0. The van der Waals surface area contributed by atoms with E-state index in [-0.39, 0.29) is 11.4 Å². The van der Waals surface area contributed by atoms with E-state index in [9.17, 15) is 13.5 Å². The predicted molar refractivity (Wildman–Crippen MR) is 85.0 cm³/mol. The minimum Gasteiger partial charge on any atom is -0.387 e. The molecule has 0 bridgehead atoms. The average molecular weight is 316 g/mol. The topological polar surface area (TPSA) is 85.3 Å². The van der Waals surface area contributed by atoms with Crippen molar-refractivity contribution >= 4 is 20.9 Å². The van der Waals surface area contributed by atoms with Gasteiger partial charge in [0.05, 0.1) is 16.5 Å². The van der Waals surface area contributed by atoms with E-state index in [2.05, 4.69) is 0 Å². The maximum absolute atomic E-state index is 12.8. The van der Waals surface area contributed by atoms with Crippen molar-refractivity contribution in [1.82, 2.24) is 3.97 Å². The van der Waals surface area contributed by atoms with Crippen LogP contribution in [-0.4, -0.2) is 24.0 Å². The fourth-order valence-electron chi connectivity index (χ4n) is 2.47. The van der Waals surface area contributed by atoms with Crippen LogP contribution in [0.25, 0.3) is 10.9 Å². The van der Waals surface area contributed by atoms with Gasteiger partial charge in [0.15, 0.2) is 0 Å². The molecule has 0 aliphatic rings. The lowest BCUT2D eigenvalue weighted by Crippen LogP contribution is -2.13. The van der Waals surface area contributed by atoms with E-state index in [1.807, 2.05) is 0 Å². The first-order valence-corrected chi connectivity index (χ1v) is 8.28. The summed E-state index contributed by atoms with van der Waals surface area (Å²) >= 11 is 0. The summed E-state index contributed by atoms with van der Waals surface area (Å²) < 4.78 is 26.8. The molecule has 1 atom stereocenters. The summed E-state index contributed by atoms with van der Waals surface area (Å²) in [7, 11) is -3.72. The van der Waals surface area contributed by atoms with Crippen molar-refractivity contribution in [3.05, 3.63) is 66.4 Å². The minimum absolute atomic E-state index is 0.0272. The van der Waals surface area contributed by atoms with Gasteiger partial charge in [-0.3, -0.25) is 0 Å². The molecule has 2 aromatic carbocycles. The first-order valence-electron chi connectivity index (χ1n) is 6.84. The molecule has 5 nitrogen and oxygen atoms in total. The summed E-state index contributed by atoms with van der Waals surface area (Å²) in [6, 6.07) is 15.3. The van der Waals surface area contributed by atoms with Crippen LogP contribution in [0.2, 0.25) is 0 Å².